The lowest BCUT2D eigenvalue weighted by molar-refractivity contribution is 0.660. The van der Waals surface area contributed by atoms with Gasteiger partial charge in [-0.05, 0) is 76.2 Å². The maximum absolute atomic E-state index is 2.38. The van der Waals surface area contributed by atoms with Crippen molar-refractivity contribution in [2.75, 3.05) is 11.9 Å². The van der Waals surface area contributed by atoms with E-state index >= 15 is 0 Å². The average Bonchev–Trinajstić information content (AvgIpc) is 3.00. The Kier molecular flexibility index (Phi) is 4.29. The molecule has 1 heteroatoms. The third-order valence-electron chi connectivity index (χ3n) is 6.56. The van der Waals surface area contributed by atoms with Crippen LogP contribution in [-0.2, 0) is 5.41 Å². The smallest absolute Gasteiger partial charge is 0.0410 e. The highest BCUT2D eigenvalue weighted by Gasteiger charge is 2.35. The second-order valence-corrected chi connectivity index (χ2v) is 8.88. The van der Waals surface area contributed by atoms with Crippen molar-refractivity contribution in [1.29, 1.82) is 0 Å². The Balaban J connectivity index is 1.49. The number of nitrogens with zero attached hydrogens (tertiary/aromatic N) is 1. The fourth-order valence-electron chi connectivity index (χ4n) is 4.75. The number of benzene rings is 4. The van der Waals surface area contributed by atoms with Crippen LogP contribution in [0.5, 0.6) is 0 Å². The normalized spacial score (nSPS) is 13.6. The van der Waals surface area contributed by atoms with Crippen molar-refractivity contribution >= 4 is 11.4 Å². The Hall–Kier alpha value is -3.32. The quantitative estimate of drug-likeness (QED) is 0.346. The lowest BCUT2D eigenvalue weighted by Crippen LogP contribution is -2.14. The molecule has 0 spiro atoms. The van der Waals surface area contributed by atoms with Gasteiger partial charge in [-0.1, -0.05) is 74.5 Å². The number of hydrogen-bond donors (Lipinski definition) is 0. The first-order valence-corrected chi connectivity index (χ1v) is 10.6. The van der Waals surface area contributed by atoms with Gasteiger partial charge in [0.05, 0.1) is 0 Å². The van der Waals surface area contributed by atoms with Crippen molar-refractivity contribution in [2.24, 2.45) is 0 Å². The van der Waals surface area contributed by atoms with Gasteiger partial charge in [-0.3, -0.25) is 0 Å². The van der Waals surface area contributed by atoms with E-state index in [-0.39, 0.29) is 5.41 Å². The SMILES string of the molecule is Cc1cccc(N(C)c2ccc(-c3ccc4c(c3)C(C)(C)c3ccccc3-4)cc2)c1. The molecule has 1 aliphatic carbocycles. The minimum Gasteiger partial charge on any atom is -0.345 e. The highest BCUT2D eigenvalue weighted by Crippen LogP contribution is 2.49. The Labute approximate surface area is 179 Å². The first-order valence-electron chi connectivity index (χ1n) is 10.6. The summed E-state index contributed by atoms with van der Waals surface area (Å²) < 4.78 is 0. The minimum absolute atomic E-state index is 0.0350. The molecule has 0 aliphatic heterocycles. The summed E-state index contributed by atoms with van der Waals surface area (Å²) in [6, 6.07) is 33.3. The summed E-state index contributed by atoms with van der Waals surface area (Å²) in [7, 11) is 2.12. The van der Waals surface area contributed by atoms with Gasteiger partial charge in [0.2, 0.25) is 0 Å². The van der Waals surface area contributed by atoms with Crippen LogP contribution >= 0.6 is 0 Å². The van der Waals surface area contributed by atoms with Crippen molar-refractivity contribution in [3.63, 3.8) is 0 Å². The van der Waals surface area contributed by atoms with Crippen LogP contribution in [0.25, 0.3) is 22.3 Å². The molecule has 4 aromatic carbocycles. The van der Waals surface area contributed by atoms with E-state index in [0.717, 1.165) is 0 Å². The van der Waals surface area contributed by atoms with Gasteiger partial charge in [-0.25, -0.2) is 0 Å². The third-order valence-corrected chi connectivity index (χ3v) is 6.56. The zero-order valence-electron chi connectivity index (χ0n) is 18.1. The van der Waals surface area contributed by atoms with Crippen molar-refractivity contribution < 1.29 is 0 Å². The number of rotatable bonds is 3. The zero-order valence-corrected chi connectivity index (χ0v) is 18.1. The van der Waals surface area contributed by atoms with Gasteiger partial charge >= 0.3 is 0 Å². The molecule has 1 nitrogen and oxygen atoms in total. The first kappa shape index (κ1) is 18.7. The maximum atomic E-state index is 2.38. The zero-order chi connectivity index (χ0) is 20.9. The van der Waals surface area contributed by atoms with Gasteiger partial charge in [0.1, 0.15) is 0 Å². The fraction of sp³-hybridized carbons (Fsp3) is 0.172. The van der Waals surface area contributed by atoms with Gasteiger partial charge in [-0.2, -0.15) is 0 Å². The monoisotopic (exact) mass is 389 g/mol. The fourth-order valence-corrected chi connectivity index (χ4v) is 4.75. The minimum atomic E-state index is 0.0350. The molecule has 0 saturated carbocycles. The van der Waals surface area contributed by atoms with Crippen molar-refractivity contribution in [3.8, 4) is 22.3 Å². The van der Waals surface area contributed by atoms with Crippen molar-refractivity contribution in [3.05, 3.63) is 108 Å². The second-order valence-electron chi connectivity index (χ2n) is 8.88. The molecule has 0 atom stereocenters. The molecular formula is C29H27N. The molecule has 148 valence electrons. The summed E-state index contributed by atoms with van der Waals surface area (Å²) >= 11 is 0. The Bertz CT molecular complexity index is 1230. The lowest BCUT2D eigenvalue weighted by atomic mass is 9.81. The predicted octanol–water partition coefficient (Wildman–Crippen LogP) is 7.74. The topological polar surface area (TPSA) is 3.24 Å². The van der Waals surface area contributed by atoms with Crippen LogP contribution in [0.2, 0.25) is 0 Å². The molecular weight excluding hydrogens is 362 g/mol. The molecule has 0 saturated heterocycles. The average molecular weight is 390 g/mol. The molecule has 0 amide bonds. The third kappa shape index (κ3) is 2.93. The second kappa shape index (κ2) is 6.88. The van der Waals surface area contributed by atoms with Crippen LogP contribution in [0.15, 0.2) is 91.0 Å². The van der Waals surface area contributed by atoms with E-state index in [9.17, 15) is 0 Å². The Morgan fingerprint density at radius 3 is 2.07 bits per heavy atom. The summed E-state index contributed by atoms with van der Waals surface area (Å²) in [5, 5.41) is 0. The molecule has 0 N–H and O–H groups in total. The highest BCUT2D eigenvalue weighted by molar-refractivity contribution is 5.83. The summed E-state index contributed by atoms with van der Waals surface area (Å²) in [5.74, 6) is 0. The molecule has 0 bridgehead atoms. The lowest BCUT2D eigenvalue weighted by Gasteiger charge is -2.22. The Morgan fingerprint density at radius 1 is 0.600 bits per heavy atom. The van der Waals surface area contributed by atoms with E-state index in [2.05, 4.69) is 124 Å². The maximum Gasteiger partial charge on any atom is 0.0410 e. The van der Waals surface area contributed by atoms with E-state index in [1.54, 1.807) is 0 Å². The van der Waals surface area contributed by atoms with Gasteiger partial charge in [-0.15, -0.1) is 0 Å². The van der Waals surface area contributed by atoms with Crippen LogP contribution < -0.4 is 4.90 Å². The van der Waals surface area contributed by atoms with Gasteiger partial charge in [0.15, 0.2) is 0 Å². The Morgan fingerprint density at radius 2 is 1.30 bits per heavy atom. The molecule has 0 heterocycles. The van der Waals surface area contributed by atoms with Crippen LogP contribution in [0.4, 0.5) is 11.4 Å². The molecule has 5 rings (SSSR count). The number of anilines is 2. The van der Waals surface area contributed by atoms with Crippen LogP contribution in [0.1, 0.15) is 30.5 Å². The predicted molar refractivity (Wildman–Crippen MR) is 129 cm³/mol. The summed E-state index contributed by atoms with van der Waals surface area (Å²) in [6.07, 6.45) is 0. The molecule has 1 aliphatic rings. The standard InChI is InChI=1S/C29H27N/c1-20-8-7-9-24(18-20)30(4)23-15-12-21(13-16-23)22-14-17-26-25-10-5-6-11-27(25)29(2,3)28(26)19-22/h5-19H,1-4H3. The van der Waals surface area contributed by atoms with Gasteiger partial charge in [0, 0.05) is 23.8 Å². The summed E-state index contributed by atoms with van der Waals surface area (Å²) in [5.41, 5.74) is 11.8. The molecule has 0 aromatic heterocycles. The molecule has 30 heavy (non-hydrogen) atoms. The van der Waals surface area contributed by atoms with E-state index in [0.29, 0.717) is 0 Å². The molecule has 0 radical (unpaired) electrons. The molecule has 0 fully saturated rings. The number of hydrogen-bond acceptors (Lipinski definition) is 1. The van der Waals surface area contributed by atoms with Crippen molar-refractivity contribution in [2.45, 2.75) is 26.2 Å². The first-order chi connectivity index (χ1) is 14.4. The molecule has 0 unspecified atom stereocenters. The van der Waals surface area contributed by atoms with Crippen LogP contribution in [0, 0.1) is 6.92 Å². The van der Waals surface area contributed by atoms with E-state index in [4.69, 9.17) is 0 Å². The van der Waals surface area contributed by atoms with Crippen LogP contribution in [-0.4, -0.2) is 7.05 Å². The van der Waals surface area contributed by atoms with Gasteiger partial charge < -0.3 is 4.90 Å². The van der Waals surface area contributed by atoms with E-state index in [1.807, 2.05) is 0 Å². The molecule has 4 aromatic rings. The van der Waals surface area contributed by atoms with E-state index in [1.165, 1.54) is 50.3 Å². The van der Waals surface area contributed by atoms with Crippen molar-refractivity contribution in [1.82, 2.24) is 0 Å². The van der Waals surface area contributed by atoms with Gasteiger partial charge in [0.25, 0.3) is 0 Å². The van der Waals surface area contributed by atoms with E-state index < -0.39 is 0 Å². The van der Waals surface area contributed by atoms with Crippen LogP contribution in [0.3, 0.4) is 0 Å². The summed E-state index contributed by atoms with van der Waals surface area (Å²) in [4.78, 5) is 2.24. The summed E-state index contributed by atoms with van der Waals surface area (Å²) in [6.45, 7) is 6.80. The highest BCUT2D eigenvalue weighted by atomic mass is 15.1. The number of aryl methyl sites for hydroxylation is 1. The largest absolute Gasteiger partial charge is 0.345 e. The number of fused-ring (bicyclic) bond motifs is 3.